The van der Waals surface area contributed by atoms with Crippen molar-refractivity contribution in [2.45, 2.75) is 63.5 Å². The lowest BCUT2D eigenvalue weighted by molar-refractivity contribution is -0.581. The molecule has 4 fully saturated rings. The van der Waals surface area contributed by atoms with Crippen molar-refractivity contribution in [3.05, 3.63) is 0 Å². The summed E-state index contributed by atoms with van der Waals surface area (Å²) in [6.07, 6.45) is 8.12. The number of rotatable bonds is 0. The zero-order chi connectivity index (χ0) is 10.2. The van der Waals surface area contributed by atoms with Crippen LogP contribution in [0.1, 0.15) is 52.4 Å². The minimum absolute atomic E-state index is 0. The van der Waals surface area contributed by atoms with Gasteiger partial charge in [-0.1, -0.05) is 13.8 Å². The van der Waals surface area contributed by atoms with Gasteiger partial charge in [0.2, 0.25) is 0 Å². The van der Waals surface area contributed by atoms with Crippen molar-refractivity contribution in [1.29, 1.82) is 0 Å². The Morgan fingerprint density at radius 1 is 0.625 bits per heavy atom. The fourth-order valence-electron chi connectivity index (χ4n) is 6.20. The first kappa shape index (κ1) is 14.6. The van der Waals surface area contributed by atoms with Crippen molar-refractivity contribution in [3.63, 3.8) is 0 Å². The molecular formula is C12H24Cl2N2. The lowest BCUT2D eigenvalue weighted by atomic mass is 9.41. The first-order valence-corrected chi connectivity index (χ1v) is 5.95. The Balaban J connectivity index is 0.000000640. The zero-order valence-corrected chi connectivity index (χ0v) is 11.9. The summed E-state index contributed by atoms with van der Waals surface area (Å²) >= 11 is 0. The highest BCUT2D eigenvalue weighted by Crippen LogP contribution is 2.65. The van der Waals surface area contributed by atoms with E-state index in [1.165, 1.54) is 38.5 Å². The average Bonchev–Trinajstić information content (AvgIpc) is 1.67. The molecule has 0 aromatic rings. The van der Waals surface area contributed by atoms with Crippen molar-refractivity contribution >= 4 is 0 Å². The largest absolute Gasteiger partial charge is 1.00 e. The van der Waals surface area contributed by atoms with Gasteiger partial charge < -0.3 is 36.3 Å². The highest BCUT2D eigenvalue weighted by atomic mass is 35.5. The van der Waals surface area contributed by atoms with E-state index in [1.54, 1.807) is 0 Å². The fraction of sp³-hybridized carbons (Fsp3) is 1.00. The molecule has 16 heavy (non-hydrogen) atoms. The Morgan fingerprint density at radius 3 is 1.19 bits per heavy atom. The number of halogens is 2. The second kappa shape index (κ2) is 3.50. The fourth-order valence-corrected chi connectivity index (χ4v) is 6.20. The van der Waals surface area contributed by atoms with E-state index in [0.717, 1.165) is 0 Å². The SMILES string of the molecule is CC12CC3(C)CC([NH3+])(C1)CC([NH3+])(C2)C3.[Cl-].[Cl-]. The zero-order valence-electron chi connectivity index (χ0n) is 10.4. The third-order valence-corrected chi connectivity index (χ3v) is 4.81. The molecule has 4 aliphatic rings. The number of quaternary nitrogens is 2. The van der Waals surface area contributed by atoms with E-state index in [9.17, 15) is 0 Å². The smallest absolute Gasteiger partial charge is 0.102 e. The van der Waals surface area contributed by atoms with Crippen LogP contribution in [0.3, 0.4) is 0 Å². The molecule has 0 amide bonds. The topological polar surface area (TPSA) is 55.3 Å². The summed E-state index contributed by atoms with van der Waals surface area (Å²) in [6.45, 7) is 4.95. The molecule has 0 atom stereocenters. The van der Waals surface area contributed by atoms with Gasteiger partial charge >= 0.3 is 0 Å². The molecule has 96 valence electrons. The van der Waals surface area contributed by atoms with Crippen LogP contribution in [0.5, 0.6) is 0 Å². The number of hydrogen-bond acceptors (Lipinski definition) is 0. The quantitative estimate of drug-likeness (QED) is 0.440. The summed E-state index contributed by atoms with van der Waals surface area (Å²) in [5, 5.41) is 0. The van der Waals surface area contributed by atoms with Crippen LogP contribution in [-0.2, 0) is 0 Å². The van der Waals surface area contributed by atoms with Gasteiger partial charge in [0, 0.05) is 25.7 Å². The maximum Gasteiger partial charge on any atom is 0.102 e. The maximum atomic E-state index is 4.53. The molecule has 6 N–H and O–H groups in total. The minimum Gasteiger partial charge on any atom is -1.00 e. The molecule has 0 aromatic carbocycles. The van der Waals surface area contributed by atoms with Gasteiger partial charge in [0.25, 0.3) is 0 Å². The van der Waals surface area contributed by atoms with E-state index in [0.29, 0.717) is 21.9 Å². The van der Waals surface area contributed by atoms with E-state index in [1.807, 2.05) is 0 Å². The van der Waals surface area contributed by atoms with Gasteiger partial charge in [-0.2, -0.15) is 0 Å². The van der Waals surface area contributed by atoms with Gasteiger partial charge in [-0.3, -0.25) is 0 Å². The molecule has 4 saturated carbocycles. The van der Waals surface area contributed by atoms with Crippen LogP contribution in [0, 0.1) is 10.8 Å². The summed E-state index contributed by atoms with van der Waals surface area (Å²) in [5.41, 5.74) is 10.9. The highest BCUT2D eigenvalue weighted by molar-refractivity contribution is 5.15. The predicted octanol–water partition coefficient (Wildman–Crippen LogP) is -5.65. The molecule has 2 nitrogen and oxygen atoms in total. The van der Waals surface area contributed by atoms with Crippen LogP contribution < -0.4 is 36.3 Å². The third-order valence-electron chi connectivity index (χ3n) is 4.81. The summed E-state index contributed by atoms with van der Waals surface area (Å²) in [6, 6.07) is 0. The maximum absolute atomic E-state index is 4.53. The van der Waals surface area contributed by atoms with Crippen molar-refractivity contribution in [1.82, 2.24) is 0 Å². The van der Waals surface area contributed by atoms with Gasteiger partial charge in [-0.25, -0.2) is 0 Å². The van der Waals surface area contributed by atoms with E-state index in [2.05, 4.69) is 25.3 Å². The van der Waals surface area contributed by atoms with E-state index < -0.39 is 0 Å². The molecule has 0 heterocycles. The first-order valence-electron chi connectivity index (χ1n) is 5.95. The molecule has 0 aliphatic heterocycles. The van der Waals surface area contributed by atoms with Gasteiger partial charge in [0.15, 0.2) is 0 Å². The lowest BCUT2D eigenvalue weighted by Crippen LogP contribution is -3.00. The molecule has 4 bridgehead atoms. The van der Waals surface area contributed by atoms with Gasteiger partial charge in [-0.05, 0) is 17.3 Å². The first-order chi connectivity index (χ1) is 6.24. The predicted molar refractivity (Wildman–Crippen MR) is 55.2 cm³/mol. The van der Waals surface area contributed by atoms with E-state index >= 15 is 0 Å². The molecule has 0 aromatic heterocycles. The monoisotopic (exact) mass is 266 g/mol. The second-order valence-corrected chi connectivity index (χ2v) is 7.68. The van der Waals surface area contributed by atoms with E-state index in [-0.39, 0.29) is 24.8 Å². The number of hydrogen-bond donors (Lipinski definition) is 2. The molecular weight excluding hydrogens is 243 g/mol. The van der Waals surface area contributed by atoms with Gasteiger partial charge in [0.05, 0.1) is 6.42 Å². The Bertz CT molecular complexity index is 210. The minimum atomic E-state index is 0. The van der Waals surface area contributed by atoms with Crippen molar-refractivity contribution in [2.75, 3.05) is 0 Å². The van der Waals surface area contributed by atoms with E-state index in [4.69, 9.17) is 0 Å². The van der Waals surface area contributed by atoms with Crippen LogP contribution >= 0.6 is 0 Å². The molecule has 0 spiro atoms. The second-order valence-electron chi connectivity index (χ2n) is 7.68. The van der Waals surface area contributed by atoms with Crippen molar-refractivity contribution < 1.29 is 36.3 Å². The summed E-state index contributed by atoms with van der Waals surface area (Å²) in [5.74, 6) is 0. The highest BCUT2D eigenvalue weighted by Gasteiger charge is 2.67. The van der Waals surface area contributed by atoms with Crippen molar-refractivity contribution in [3.8, 4) is 0 Å². The molecule has 4 aliphatic carbocycles. The Labute approximate surface area is 111 Å². The lowest BCUT2D eigenvalue weighted by Gasteiger charge is -2.64. The molecule has 0 unspecified atom stereocenters. The van der Waals surface area contributed by atoms with Crippen LogP contribution in [-0.4, -0.2) is 11.1 Å². The summed E-state index contributed by atoms with van der Waals surface area (Å²) < 4.78 is 0. The molecule has 0 radical (unpaired) electrons. The standard InChI is InChI=1S/C12H22N2.2ClH/c1-9-3-10(2)6-11(13,4-9)8-12(14,5-9)7-10;;/h3-8,13-14H2,1-2H3;2*1H. The molecule has 4 heteroatoms. The van der Waals surface area contributed by atoms with Crippen LogP contribution in [0.15, 0.2) is 0 Å². The Kier molecular flexibility index (Phi) is 3.19. The van der Waals surface area contributed by atoms with Crippen LogP contribution in [0.4, 0.5) is 0 Å². The van der Waals surface area contributed by atoms with Crippen LogP contribution in [0.25, 0.3) is 0 Å². The van der Waals surface area contributed by atoms with Crippen LogP contribution in [0.2, 0.25) is 0 Å². The molecule has 0 saturated heterocycles. The average molecular weight is 267 g/mol. The normalized spacial score (nSPS) is 57.8. The Morgan fingerprint density at radius 2 is 0.938 bits per heavy atom. The van der Waals surface area contributed by atoms with Gasteiger partial charge in [0.1, 0.15) is 11.1 Å². The molecule has 4 rings (SSSR count). The summed E-state index contributed by atoms with van der Waals surface area (Å²) in [7, 11) is 0. The van der Waals surface area contributed by atoms with Gasteiger partial charge in [-0.15, -0.1) is 0 Å². The van der Waals surface area contributed by atoms with Crippen molar-refractivity contribution in [2.24, 2.45) is 10.8 Å². The third kappa shape index (κ3) is 1.98. The Hall–Kier alpha value is 0.500. The summed E-state index contributed by atoms with van der Waals surface area (Å²) in [4.78, 5) is 0.